The lowest BCUT2D eigenvalue weighted by Crippen LogP contribution is -2.23. The molecule has 1 atom stereocenters. The number of nitrogens with one attached hydrogen (secondary N) is 2. The molecule has 0 radical (unpaired) electrons. The number of carbonyl (C=O) groups excluding carboxylic acids is 1. The molecule has 0 aliphatic carbocycles. The first-order chi connectivity index (χ1) is 10.1. The zero-order valence-electron chi connectivity index (χ0n) is 11.6. The summed E-state index contributed by atoms with van der Waals surface area (Å²) in [7, 11) is 1.73. The van der Waals surface area contributed by atoms with Gasteiger partial charge >= 0.3 is 0 Å². The molecule has 1 aromatic heterocycles. The maximum atomic E-state index is 11.8. The van der Waals surface area contributed by atoms with Gasteiger partial charge in [-0.2, -0.15) is 0 Å². The molecule has 1 aliphatic heterocycles. The summed E-state index contributed by atoms with van der Waals surface area (Å²) in [5, 5.41) is 6.21. The summed E-state index contributed by atoms with van der Waals surface area (Å²) in [6.07, 6.45) is 1.63. The second kappa shape index (κ2) is 5.35. The molecule has 6 heteroatoms. The normalized spacial score (nSPS) is 16.5. The Balaban J connectivity index is 1.93. The van der Waals surface area contributed by atoms with Crippen LogP contribution in [0.5, 0.6) is 11.5 Å². The van der Waals surface area contributed by atoms with Gasteiger partial charge in [0.2, 0.25) is 5.91 Å². The molecule has 108 valence electrons. The highest BCUT2D eigenvalue weighted by atomic mass is 35.5. The Kier molecular flexibility index (Phi) is 3.53. The SMILES string of the molecule is CNC1C(=O)Nc2cc(Oc3ccc(C)nc3)c(Cl)cc21. The van der Waals surface area contributed by atoms with Crippen molar-refractivity contribution in [3.05, 3.63) is 46.7 Å². The van der Waals surface area contributed by atoms with E-state index < -0.39 is 0 Å². The predicted octanol–water partition coefficient (Wildman–Crippen LogP) is 3.05. The van der Waals surface area contributed by atoms with Gasteiger partial charge in [0.25, 0.3) is 0 Å². The van der Waals surface area contributed by atoms with Crippen LogP contribution in [0.25, 0.3) is 0 Å². The Morgan fingerprint density at radius 3 is 2.86 bits per heavy atom. The molecular formula is C15H14ClN3O2. The lowest BCUT2D eigenvalue weighted by Gasteiger charge is -2.11. The van der Waals surface area contributed by atoms with Gasteiger partial charge in [-0.05, 0) is 32.2 Å². The van der Waals surface area contributed by atoms with E-state index in [2.05, 4.69) is 15.6 Å². The molecular weight excluding hydrogens is 290 g/mol. The fraction of sp³-hybridized carbons (Fsp3) is 0.200. The standard InChI is InChI=1S/C15H14ClN3O2/c1-8-3-4-9(7-18-8)21-13-6-12-10(5-11(13)16)14(17-2)15(20)19-12/h3-7,14,17H,1-2H3,(H,19,20). The van der Waals surface area contributed by atoms with E-state index in [1.807, 2.05) is 19.1 Å². The molecule has 0 saturated heterocycles. The third kappa shape index (κ3) is 2.57. The zero-order valence-corrected chi connectivity index (χ0v) is 12.4. The van der Waals surface area contributed by atoms with Gasteiger partial charge in [0.05, 0.1) is 11.2 Å². The highest BCUT2D eigenvalue weighted by Gasteiger charge is 2.30. The van der Waals surface area contributed by atoms with Crippen molar-refractivity contribution < 1.29 is 9.53 Å². The van der Waals surface area contributed by atoms with Crippen LogP contribution >= 0.6 is 11.6 Å². The van der Waals surface area contributed by atoms with Crippen molar-refractivity contribution in [2.75, 3.05) is 12.4 Å². The number of hydrogen-bond donors (Lipinski definition) is 2. The first-order valence-electron chi connectivity index (χ1n) is 6.50. The molecule has 21 heavy (non-hydrogen) atoms. The van der Waals surface area contributed by atoms with Crippen LogP contribution in [-0.2, 0) is 4.79 Å². The van der Waals surface area contributed by atoms with E-state index in [0.29, 0.717) is 22.2 Å². The molecule has 1 unspecified atom stereocenters. The predicted molar refractivity (Wildman–Crippen MR) is 80.9 cm³/mol. The molecule has 0 spiro atoms. The van der Waals surface area contributed by atoms with E-state index in [4.69, 9.17) is 16.3 Å². The fourth-order valence-corrected chi connectivity index (χ4v) is 2.48. The minimum atomic E-state index is -0.382. The number of amides is 1. The van der Waals surface area contributed by atoms with E-state index in [1.54, 1.807) is 25.4 Å². The number of hydrogen-bond acceptors (Lipinski definition) is 4. The first-order valence-corrected chi connectivity index (χ1v) is 6.88. The fourth-order valence-electron chi connectivity index (χ4n) is 2.27. The molecule has 1 amide bonds. The van der Waals surface area contributed by atoms with Crippen molar-refractivity contribution in [1.29, 1.82) is 0 Å². The number of fused-ring (bicyclic) bond motifs is 1. The van der Waals surface area contributed by atoms with E-state index in [1.165, 1.54) is 0 Å². The average molecular weight is 304 g/mol. The lowest BCUT2D eigenvalue weighted by atomic mass is 10.1. The summed E-state index contributed by atoms with van der Waals surface area (Å²) < 4.78 is 5.73. The van der Waals surface area contributed by atoms with Crippen LogP contribution < -0.4 is 15.4 Å². The van der Waals surface area contributed by atoms with Crippen molar-refractivity contribution in [3.8, 4) is 11.5 Å². The van der Waals surface area contributed by atoms with Gasteiger partial charge in [-0.25, -0.2) is 0 Å². The Hall–Kier alpha value is -2.11. The van der Waals surface area contributed by atoms with Crippen LogP contribution in [0.1, 0.15) is 17.3 Å². The van der Waals surface area contributed by atoms with Crippen molar-refractivity contribution >= 4 is 23.2 Å². The number of rotatable bonds is 3. The number of aryl methyl sites for hydroxylation is 1. The van der Waals surface area contributed by atoms with Gasteiger partial charge in [0.15, 0.2) is 0 Å². The van der Waals surface area contributed by atoms with E-state index in [0.717, 1.165) is 11.3 Å². The summed E-state index contributed by atoms with van der Waals surface area (Å²) in [6.45, 7) is 1.90. The maximum absolute atomic E-state index is 11.8. The molecule has 2 N–H and O–H groups in total. The number of likely N-dealkylation sites (N-methyl/N-ethyl adjacent to an activating group) is 1. The van der Waals surface area contributed by atoms with Crippen molar-refractivity contribution in [3.63, 3.8) is 0 Å². The van der Waals surface area contributed by atoms with Gasteiger partial charge in [-0.15, -0.1) is 0 Å². The number of benzene rings is 1. The number of nitrogens with zero attached hydrogens (tertiary/aromatic N) is 1. The van der Waals surface area contributed by atoms with Crippen LogP contribution in [0, 0.1) is 6.92 Å². The van der Waals surface area contributed by atoms with Gasteiger partial charge < -0.3 is 15.4 Å². The first kappa shape index (κ1) is 13.9. The molecule has 5 nitrogen and oxygen atoms in total. The van der Waals surface area contributed by atoms with Gasteiger partial charge in [-0.3, -0.25) is 9.78 Å². The van der Waals surface area contributed by atoms with Crippen molar-refractivity contribution in [2.45, 2.75) is 13.0 Å². The highest BCUT2D eigenvalue weighted by molar-refractivity contribution is 6.32. The maximum Gasteiger partial charge on any atom is 0.246 e. The summed E-state index contributed by atoms with van der Waals surface area (Å²) in [4.78, 5) is 16.0. The smallest absolute Gasteiger partial charge is 0.246 e. The van der Waals surface area contributed by atoms with E-state index in [-0.39, 0.29) is 11.9 Å². The number of ether oxygens (including phenoxy) is 1. The summed E-state index contributed by atoms with van der Waals surface area (Å²) in [5.41, 5.74) is 2.44. The van der Waals surface area contributed by atoms with Crippen LogP contribution in [0.3, 0.4) is 0 Å². The zero-order chi connectivity index (χ0) is 15.0. The molecule has 0 fully saturated rings. The third-order valence-corrected chi connectivity index (χ3v) is 3.63. The number of carbonyl (C=O) groups is 1. The van der Waals surface area contributed by atoms with Crippen LogP contribution in [0.15, 0.2) is 30.5 Å². The Bertz CT molecular complexity index is 701. The Labute approximate surface area is 127 Å². The number of anilines is 1. The summed E-state index contributed by atoms with van der Waals surface area (Å²) in [6, 6.07) is 6.77. The van der Waals surface area contributed by atoms with E-state index in [9.17, 15) is 4.79 Å². The highest BCUT2D eigenvalue weighted by Crippen LogP contribution is 2.39. The van der Waals surface area contributed by atoms with Crippen molar-refractivity contribution in [1.82, 2.24) is 10.3 Å². The molecule has 3 rings (SSSR count). The minimum absolute atomic E-state index is 0.0993. The van der Waals surface area contributed by atoms with Crippen molar-refractivity contribution in [2.24, 2.45) is 0 Å². The van der Waals surface area contributed by atoms with Crippen LogP contribution in [0.2, 0.25) is 5.02 Å². The quantitative estimate of drug-likeness (QED) is 0.915. The number of halogens is 1. The summed E-state index contributed by atoms with van der Waals surface area (Å²) in [5.74, 6) is 0.979. The Morgan fingerprint density at radius 2 is 2.19 bits per heavy atom. The topological polar surface area (TPSA) is 63.2 Å². The van der Waals surface area contributed by atoms with Crippen LogP contribution in [-0.4, -0.2) is 17.9 Å². The molecule has 0 saturated carbocycles. The van der Waals surface area contributed by atoms with E-state index >= 15 is 0 Å². The molecule has 1 aliphatic rings. The molecule has 1 aromatic carbocycles. The lowest BCUT2D eigenvalue weighted by molar-refractivity contribution is -0.117. The largest absolute Gasteiger partial charge is 0.454 e. The second-order valence-corrected chi connectivity index (χ2v) is 5.23. The van der Waals surface area contributed by atoms with Gasteiger partial charge in [-0.1, -0.05) is 11.6 Å². The number of pyridine rings is 1. The molecule has 2 heterocycles. The number of aromatic nitrogens is 1. The summed E-state index contributed by atoms with van der Waals surface area (Å²) >= 11 is 6.25. The third-order valence-electron chi connectivity index (χ3n) is 3.34. The Morgan fingerprint density at radius 1 is 1.38 bits per heavy atom. The van der Waals surface area contributed by atoms with Crippen LogP contribution in [0.4, 0.5) is 5.69 Å². The monoisotopic (exact) mass is 303 g/mol. The van der Waals surface area contributed by atoms with Gasteiger partial charge in [0, 0.05) is 23.0 Å². The average Bonchev–Trinajstić information content (AvgIpc) is 2.76. The molecule has 2 aromatic rings. The minimum Gasteiger partial charge on any atom is -0.454 e. The second-order valence-electron chi connectivity index (χ2n) is 4.82. The molecule has 0 bridgehead atoms. The van der Waals surface area contributed by atoms with Gasteiger partial charge in [0.1, 0.15) is 17.5 Å².